The van der Waals surface area contributed by atoms with Crippen molar-refractivity contribution in [1.29, 1.82) is 0 Å². The SMILES string of the molecule is CN1CCC(C(=O)O)=Cc2cc(Br)ccc21. The first-order valence-corrected chi connectivity index (χ1v) is 5.82. The van der Waals surface area contributed by atoms with Crippen molar-refractivity contribution >= 4 is 33.7 Å². The molecular formula is C12H12BrNO2. The number of halogens is 1. The van der Waals surface area contributed by atoms with Crippen LogP contribution in [0.1, 0.15) is 12.0 Å². The summed E-state index contributed by atoms with van der Waals surface area (Å²) in [5.41, 5.74) is 2.48. The molecule has 1 heterocycles. The molecular weight excluding hydrogens is 270 g/mol. The number of anilines is 1. The Balaban J connectivity index is 2.53. The Labute approximate surface area is 103 Å². The summed E-state index contributed by atoms with van der Waals surface area (Å²) in [6.45, 7) is 0.729. The Morgan fingerprint density at radius 3 is 2.94 bits per heavy atom. The highest BCUT2D eigenvalue weighted by atomic mass is 79.9. The normalized spacial score (nSPS) is 15.1. The lowest BCUT2D eigenvalue weighted by molar-refractivity contribution is -0.132. The van der Waals surface area contributed by atoms with Crippen LogP contribution in [0, 0.1) is 0 Å². The molecule has 16 heavy (non-hydrogen) atoms. The first kappa shape index (κ1) is 11.2. The molecule has 0 spiro atoms. The van der Waals surface area contributed by atoms with E-state index >= 15 is 0 Å². The molecule has 0 amide bonds. The predicted octanol–water partition coefficient (Wildman–Crippen LogP) is 2.76. The van der Waals surface area contributed by atoms with Gasteiger partial charge in [-0.1, -0.05) is 15.9 Å². The van der Waals surface area contributed by atoms with Gasteiger partial charge in [-0.25, -0.2) is 4.79 Å². The second kappa shape index (κ2) is 4.29. The van der Waals surface area contributed by atoms with E-state index in [4.69, 9.17) is 5.11 Å². The summed E-state index contributed by atoms with van der Waals surface area (Å²) >= 11 is 3.40. The fourth-order valence-electron chi connectivity index (χ4n) is 1.83. The molecule has 0 aliphatic carbocycles. The molecule has 0 atom stereocenters. The van der Waals surface area contributed by atoms with Crippen molar-refractivity contribution in [3.8, 4) is 0 Å². The van der Waals surface area contributed by atoms with Gasteiger partial charge in [0.1, 0.15) is 0 Å². The number of carboxylic acids is 1. The van der Waals surface area contributed by atoms with Crippen LogP contribution in [-0.2, 0) is 4.79 Å². The zero-order chi connectivity index (χ0) is 11.7. The van der Waals surface area contributed by atoms with Gasteiger partial charge in [-0.2, -0.15) is 0 Å². The molecule has 0 fully saturated rings. The third kappa shape index (κ3) is 2.11. The van der Waals surface area contributed by atoms with Gasteiger partial charge in [0.2, 0.25) is 0 Å². The smallest absolute Gasteiger partial charge is 0.331 e. The summed E-state index contributed by atoms with van der Waals surface area (Å²) < 4.78 is 0.961. The molecule has 1 aromatic carbocycles. The average molecular weight is 282 g/mol. The van der Waals surface area contributed by atoms with E-state index in [1.807, 2.05) is 25.2 Å². The number of aliphatic carboxylic acids is 1. The number of benzene rings is 1. The average Bonchev–Trinajstić information content (AvgIpc) is 2.38. The minimum absolute atomic E-state index is 0.462. The molecule has 3 nitrogen and oxygen atoms in total. The van der Waals surface area contributed by atoms with E-state index in [0.717, 1.165) is 22.3 Å². The van der Waals surface area contributed by atoms with E-state index in [1.165, 1.54) is 0 Å². The van der Waals surface area contributed by atoms with Gasteiger partial charge in [0.05, 0.1) is 0 Å². The summed E-state index contributed by atoms with van der Waals surface area (Å²) in [7, 11) is 1.98. The lowest BCUT2D eigenvalue weighted by atomic mass is 10.1. The maximum Gasteiger partial charge on any atom is 0.331 e. The minimum Gasteiger partial charge on any atom is -0.478 e. The standard InChI is InChI=1S/C12H12BrNO2/c1-14-5-4-8(12(15)16)6-9-7-10(13)2-3-11(9)14/h2-3,6-7H,4-5H2,1H3,(H,15,16). The van der Waals surface area contributed by atoms with Crippen LogP contribution in [0.4, 0.5) is 5.69 Å². The summed E-state index contributed by atoms with van der Waals surface area (Å²) in [6, 6.07) is 5.91. The number of hydrogen-bond acceptors (Lipinski definition) is 2. The van der Waals surface area contributed by atoms with Crippen molar-refractivity contribution in [2.24, 2.45) is 0 Å². The largest absolute Gasteiger partial charge is 0.478 e. The number of fused-ring (bicyclic) bond motifs is 1. The molecule has 0 aromatic heterocycles. The summed E-state index contributed by atoms with van der Waals surface area (Å²) in [6.07, 6.45) is 2.32. The van der Waals surface area contributed by atoms with E-state index in [2.05, 4.69) is 20.8 Å². The van der Waals surface area contributed by atoms with Crippen LogP contribution >= 0.6 is 15.9 Å². The van der Waals surface area contributed by atoms with E-state index in [9.17, 15) is 4.79 Å². The monoisotopic (exact) mass is 281 g/mol. The van der Waals surface area contributed by atoms with Gasteiger partial charge in [0, 0.05) is 29.3 Å². The summed E-state index contributed by atoms with van der Waals surface area (Å²) in [4.78, 5) is 13.1. The van der Waals surface area contributed by atoms with Crippen LogP contribution in [0.25, 0.3) is 6.08 Å². The second-order valence-electron chi connectivity index (χ2n) is 3.85. The zero-order valence-corrected chi connectivity index (χ0v) is 10.5. The van der Waals surface area contributed by atoms with Gasteiger partial charge in [-0.3, -0.25) is 0 Å². The summed E-state index contributed by atoms with van der Waals surface area (Å²) in [5.74, 6) is -0.832. The maximum atomic E-state index is 11.0. The lowest BCUT2D eigenvalue weighted by Gasteiger charge is -2.19. The van der Waals surface area contributed by atoms with E-state index in [1.54, 1.807) is 6.08 Å². The van der Waals surface area contributed by atoms with Crippen LogP contribution in [0.3, 0.4) is 0 Å². The molecule has 4 heteroatoms. The first-order chi connectivity index (χ1) is 7.58. The Morgan fingerprint density at radius 2 is 2.25 bits per heavy atom. The maximum absolute atomic E-state index is 11.0. The topological polar surface area (TPSA) is 40.5 Å². The Morgan fingerprint density at radius 1 is 1.50 bits per heavy atom. The molecule has 1 aliphatic heterocycles. The highest BCUT2D eigenvalue weighted by Gasteiger charge is 2.16. The van der Waals surface area contributed by atoms with Crippen LogP contribution in [0.2, 0.25) is 0 Å². The zero-order valence-electron chi connectivity index (χ0n) is 8.90. The number of carboxylic acid groups (broad SMARTS) is 1. The van der Waals surface area contributed by atoms with Gasteiger partial charge in [-0.15, -0.1) is 0 Å². The van der Waals surface area contributed by atoms with E-state index in [0.29, 0.717) is 12.0 Å². The Hall–Kier alpha value is -1.29. The van der Waals surface area contributed by atoms with Gasteiger partial charge < -0.3 is 10.0 Å². The second-order valence-corrected chi connectivity index (χ2v) is 4.77. The molecule has 0 radical (unpaired) electrons. The summed E-state index contributed by atoms with van der Waals surface area (Å²) in [5, 5.41) is 9.05. The number of hydrogen-bond donors (Lipinski definition) is 1. The molecule has 1 N–H and O–H groups in total. The van der Waals surface area contributed by atoms with Crippen molar-refractivity contribution in [1.82, 2.24) is 0 Å². The first-order valence-electron chi connectivity index (χ1n) is 5.02. The molecule has 1 aromatic rings. The highest BCUT2D eigenvalue weighted by molar-refractivity contribution is 9.10. The van der Waals surface area contributed by atoms with Crippen LogP contribution in [-0.4, -0.2) is 24.7 Å². The number of carbonyl (C=O) groups is 1. The number of nitrogens with zero attached hydrogens (tertiary/aromatic N) is 1. The lowest BCUT2D eigenvalue weighted by Crippen LogP contribution is -2.19. The Kier molecular flexibility index (Phi) is 3.01. The molecule has 0 saturated carbocycles. The van der Waals surface area contributed by atoms with Crippen molar-refractivity contribution in [2.45, 2.75) is 6.42 Å². The number of rotatable bonds is 1. The highest BCUT2D eigenvalue weighted by Crippen LogP contribution is 2.29. The molecule has 0 unspecified atom stereocenters. The van der Waals surface area contributed by atoms with E-state index in [-0.39, 0.29) is 0 Å². The molecule has 84 valence electrons. The van der Waals surface area contributed by atoms with E-state index < -0.39 is 5.97 Å². The van der Waals surface area contributed by atoms with Crippen LogP contribution in [0.15, 0.2) is 28.2 Å². The molecule has 0 saturated heterocycles. The quantitative estimate of drug-likeness (QED) is 0.861. The molecule has 1 aliphatic rings. The Bertz CT molecular complexity index is 468. The van der Waals surface area contributed by atoms with Crippen molar-refractivity contribution in [3.63, 3.8) is 0 Å². The van der Waals surface area contributed by atoms with Gasteiger partial charge in [0.15, 0.2) is 0 Å². The van der Waals surface area contributed by atoms with Gasteiger partial charge in [0.25, 0.3) is 0 Å². The van der Waals surface area contributed by atoms with Crippen LogP contribution in [0.5, 0.6) is 0 Å². The molecule has 0 bridgehead atoms. The third-order valence-corrected chi connectivity index (χ3v) is 3.22. The molecule has 2 rings (SSSR count). The van der Waals surface area contributed by atoms with Crippen molar-refractivity contribution in [3.05, 3.63) is 33.8 Å². The fraction of sp³-hybridized carbons (Fsp3) is 0.250. The third-order valence-electron chi connectivity index (χ3n) is 2.72. The predicted molar refractivity (Wildman–Crippen MR) is 67.6 cm³/mol. The van der Waals surface area contributed by atoms with Crippen molar-refractivity contribution in [2.75, 3.05) is 18.5 Å². The minimum atomic E-state index is -0.832. The van der Waals surface area contributed by atoms with Crippen LogP contribution < -0.4 is 4.90 Å². The van der Waals surface area contributed by atoms with Crippen molar-refractivity contribution < 1.29 is 9.90 Å². The van der Waals surface area contributed by atoms with Gasteiger partial charge in [-0.05, 0) is 36.3 Å². The van der Waals surface area contributed by atoms with Gasteiger partial charge >= 0.3 is 5.97 Å². The fourth-order valence-corrected chi connectivity index (χ4v) is 2.20.